The van der Waals surface area contributed by atoms with Crippen molar-refractivity contribution in [3.63, 3.8) is 0 Å². The van der Waals surface area contributed by atoms with Crippen molar-refractivity contribution in [3.8, 4) is 17.3 Å². The van der Waals surface area contributed by atoms with Crippen molar-refractivity contribution in [2.24, 2.45) is 0 Å². The van der Waals surface area contributed by atoms with Gasteiger partial charge in [0.25, 0.3) is 5.91 Å². The third-order valence-electron chi connectivity index (χ3n) is 5.78. The quantitative estimate of drug-likeness (QED) is 0.584. The molecular formula is C24H22N6O2. The lowest BCUT2D eigenvalue weighted by Gasteiger charge is -2.29. The maximum atomic E-state index is 11.9. The van der Waals surface area contributed by atoms with E-state index < -0.39 is 0 Å². The lowest BCUT2D eigenvalue weighted by molar-refractivity contribution is 0.0958. The molecule has 0 radical (unpaired) electrons. The van der Waals surface area contributed by atoms with Crippen LogP contribution in [-0.4, -0.2) is 47.7 Å². The molecule has 0 spiro atoms. The predicted octanol–water partition coefficient (Wildman–Crippen LogP) is 3.12. The molecule has 0 saturated carbocycles. The number of carbonyl (C=O) groups excluding carboxylic acids is 1. The molecule has 2 bridgehead atoms. The second kappa shape index (κ2) is 8.65. The Bertz CT molecular complexity index is 1160. The van der Waals surface area contributed by atoms with Crippen molar-refractivity contribution in [3.05, 3.63) is 66.4 Å². The van der Waals surface area contributed by atoms with Gasteiger partial charge in [0.15, 0.2) is 0 Å². The van der Waals surface area contributed by atoms with E-state index in [4.69, 9.17) is 10.00 Å². The van der Waals surface area contributed by atoms with E-state index in [2.05, 4.69) is 37.6 Å². The van der Waals surface area contributed by atoms with Crippen LogP contribution < -0.4 is 15.5 Å². The highest BCUT2D eigenvalue weighted by atomic mass is 16.5. The number of fused-ring (bicyclic) bond motifs is 2. The number of hydrogen-bond acceptors (Lipinski definition) is 7. The van der Waals surface area contributed by atoms with Crippen LogP contribution in [0.15, 0.2) is 60.8 Å². The number of hydrogen-bond donors (Lipinski definition) is 2. The molecule has 0 unspecified atom stereocenters. The molecule has 8 heteroatoms. The van der Waals surface area contributed by atoms with E-state index in [1.807, 2.05) is 36.4 Å². The summed E-state index contributed by atoms with van der Waals surface area (Å²) in [5.74, 6) is 0.223. The number of carbonyl (C=O) groups is 1. The Morgan fingerprint density at radius 2 is 1.97 bits per heavy atom. The number of amides is 1. The Kier molecular flexibility index (Phi) is 5.40. The zero-order valence-corrected chi connectivity index (χ0v) is 17.4. The van der Waals surface area contributed by atoms with Crippen molar-refractivity contribution in [2.45, 2.75) is 18.6 Å². The van der Waals surface area contributed by atoms with Gasteiger partial charge in [-0.25, -0.2) is 9.97 Å². The van der Waals surface area contributed by atoms with Crippen LogP contribution in [0.25, 0.3) is 11.3 Å². The van der Waals surface area contributed by atoms with Crippen LogP contribution >= 0.6 is 0 Å². The molecule has 2 aliphatic rings. The number of anilines is 3. The van der Waals surface area contributed by atoms with Crippen LogP contribution in [0.2, 0.25) is 0 Å². The van der Waals surface area contributed by atoms with Gasteiger partial charge in [-0.1, -0.05) is 12.1 Å². The molecule has 2 fully saturated rings. The van der Waals surface area contributed by atoms with Gasteiger partial charge in [0.05, 0.1) is 30.5 Å². The average Bonchev–Trinajstić information content (AvgIpc) is 3.47. The summed E-state index contributed by atoms with van der Waals surface area (Å²) >= 11 is 0. The lowest BCUT2D eigenvalue weighted by Crippen LogP contribution is -2.36. The van der Waals surface area contributed by atoms with E-state index >= 15 is 0 Å². The fourth-order valence-corrected chi connectivity index (χ4v) is 4.18. The molecule has 1 amide bonds. The summed E-state index contributed by atoms with van der Waals surface area (Å²) in [5, 5.41) is 14.4. The summed E-state index contributed by atoms with van der Waals surface area (Å²) in [6.45, 7) is 1.76. The van der Waals surface area contributed by atoms with Crippen LogP contribution in [0.4, 0.5) is 17.3 Å². The maximum Gasteiger partial charge on any atom is 0.252 e. The first-order valence-corrected chi connectivity index (χ1v) is 10.5. The molecule has 8 nitrogen and oxygen atoms in total. The monoisotopic (exact) mass is 426 g/mol. The largest absolute Gasteiger partial charge is 0.374 e. The molecule has 2 saturated heterocycles. The molecule has 3 heterocycles. The van der Waals surface area contributed by atoms with Crippen molar-refractivity contribution < 1.29 is 9.53 Å². The lowest BCUT2D eigenvalue weighted by atomic mass is 10.1. The SMILES string of the molecule is N#CCNC(=O)c1ccc(-c2ccnc(Nc3ccc(N4C[C@H]5C[C@@H]4CO5)cc3)n2)cc1. The second-order valence-corrected chi connectivity index (χ2v) is 7.85. The normalized spacial score (nSPS) is 18.9. The number of rotatable bonds is 6. The van der Waals surface area contributed by atoms with Crippen molar-refractivity contribution >= 4 is 23.2 Å². The number of nitrogens with zero attached hydrogens (tertiary/aromatic N) is 4. The minimum absolute atomic E-state index is 0.0178. The smallest absolute Gasteiger partial charge is 0.252 e. The van der Waals surface area contributed by atoms with Gasteiger partial charge in [0, 0.05) is 35.2 Å². The summed E-state index contributed by atoms with van der Waals surface area (Å²) in [7, 11) is 0. The number of benzene rings is 2. The molecule has 160 valence electrons. The Labute approximate surface area is 185 Å². The van der Waals surface area contributed by atoms with Crippen molar-refractivity contribution in [2.75, 3.05) is 29.9 Å². The van der Waals surface area contributed by atoms with E-state index in [1.165, 1.54) is 5.69 Å². The zero-order chi connectivity index (χ0) is 21.9. The fourth-order valence-electron chi connectivity index (χ4n) is 4.18. The number of nitrogens with one attached hydrogen (secondary N) is 2. The Hall–Kier alpha value is -3.96. The van der Waals surface area contributed by atoms with Crippen LogP contribution in [0.5, 0.6) is 0 Å². The summed E-state index contributed by atoms with van der Waals surface area (Å²) < 4.78 is 5.69. The highest BCUT2D eigenvalue weighted by Crippen LogP contribution is 2.33. The summed E-state index contributed by atoms with van der Waals surface area (Å²) in [6.07, 6.45) is 3.19. The number of ether oxygens (including phenoxy) is 1. The van der Waals surface area contributed by atoms with E-state index in [-0.39, 0.29) is 12.5 Å². The van der Waals surface area contributed by atoms with Crippen molar-refractivity contribution in [1.82, 2.24) is 15.3 Å². The Morgan fingerprint density at radius 1 is 1.16 bits per heavy atom. The minimum atomic E-state index is -0.277. The standard InChI is InChI=1S/C24H22N6O2/c25-10-12-26-23(31)17-3-1-16(2-4-17)22-9-11-27-24(29-22)28-18-5-7-19(8-6-18)30-14-21-13-20(30)15-32-21/h1-9,11,20-21H,12-15H2,(H,26,31)(H,27,28,29)/t20-,21-/m1/s1. The molecule has 2 atom stereocenters. The number of aromatic nitrogens is 2. The molecule has 1 aromatic heterocycles. The summed E-state index contributed by atoms with van der Waals surface area (Å²) in [5.41, 5.74) is 4.23. The van der Waals surface area contributed by atoms with Gasteiger partial charge in [-0.05, 0) is 48.9 Å². The van der Waals surface area contributed by atoms with Crippen LogP contribution in [0.1, 0.15) is 16.8 Å². The molecule has 3 aromatic rings. The van der Waals surface area contributed by atoms with E-state index in [1.54, 1.807) is 18.3 Å². The summed E-state index contributed by atoms with van der Waals surface area (Å²) in [4.78, 5) is 23.3. The average molecular weight is 426 g/mol. The van der Waals surface area contributed by atoms with Crippen LogP contribution in [0, 0.1) is 11.3 Å². The predicted molar refractivity (Wildman–Crippen MR) is 121 cm³/mol. The number of morpholine rings is 1. The van der Waals surface area contributed by atoms with Gasteiger partial charge >= 0.3 is 0 Å². The Balaban J connectivity index is 1.26. The van der Waals surface area contributed by atoms with Gasteiger partial charge in [0.2, 0.25) is 5.95 Å². The molecular weight excluding hydrogens is 404 g/mol. The van der Waals surface area contributed by atoms with Gasteiger partial charge in [-0.15, -0.1) is 0 Å². The van der Waals surface area contributed by atoms with Gasteiger partial charge in [-0.3, -0.25) is 4.79 Å². The van der Waals surface area contributed by atoms with E-state index in [9.17, 15) is 4.79 Å². The molecule has 2 aliphatic heterocycles. The highest BCUT2D eigenvalue weighted by molar-refractivity contribution is 5.94. The fraction of sp³-hybridized carbons (Fsp3) is 0.250. The van der Waals surface area contributed by atoms with Gasteiger partial charge in [-0.2, -0.15) is 5.26 Å². The van der Waals surface area contributed by atoms with Crippen molar-refractivity contribution in [1.29, 1.82) is 5.26 Å². The third kappa shape index (κ3) is 4.11. The summed E-state index contributed by atoms with van der Waals surface area (Å²) in [6, 6.07) is 19.6. The minimum Gasteiger partial charge on any atom is -0.374 e. The first-order chi connectivity index (χ1) is 15.7. The maximum absolute atomic E-state index is 11.9. The highest BCUT2D eigenvalue weighted by Gasteiger charge is 2.38. The molecule has 32 heavy (non-hydrogen) atoms. The van der Waals surface area contributed by atoms with Gasteiger partial charge < -0.3 is 20.3 Å². The van der Waals surface area contributed by atoms with Gasteiger partial charge in [0.1, 0.15) is 6.54 Å². The zero-order valence-electron chi connectivity index (χ0n) is 17.4. The van der Waals surface area contributed by atoms with E-state index in [0.717, 1.165) is 36.5 Å². The van der Waals surface area contributed by atoms with Crippen LogP contribution in [-0.2, 0) is 4.74 Å². The first-order valence-electron chi connectivity index (χ1n) is 10.5. The first kappa shape index (κ1) is 20.0. The third-order valence-corrected chi connectivity index (χ3v) is 5.78. The molecule has 0 aliphatic carbocycles. The van der Waals surface area contributed by atoms with E-state index in [0.29, 0.717) is 23.7 Å². The molecule has 5 rings (SSSR count). The molecule has 2 aromatic carbocycles. The topological polar surface area (TPSA) is 103 Å². The van der Waals surface area contributed by atoms with Crippen LogP contribution in [0.3, 0.4) is 0 Å². The number of nitriles is 1. The molecule has 2 N–H and O–H groups in total. The second-order valence-electron chi connectivity index (χ2n) is 7.85. The Morgan fingerprint density at radius 3 is 2.66 bits per heavy atom.